The molecule has 0 aromatic rings. The molecule has 6 nitrogen and oxygen atoms in total. The second-order valence-corrected chi connectivity index (χ2v) is 9.01. The van der Waals surface area contributed by atoms with Crippen molar-refractivity contribution in [3.05, 3.63) is 0 Å². The zero-order valence-electron chi connectivity index (χ0n) is 19.3. The van der Waals surface area contributed by atoms with Gasteiger partial charge in [0.25, 0.3) is 0 Å². The molecule has 0 aromatic carbocycles. The molecule has 5 atom stereocenters. The van der Waals surface area contributed by atoms with Crippen LogP contribution in [0.1, 0.15) is 110 Å². The average Bonchev–Trinajstić information content (AvgIpc) is 2.75. The molecule has 0 radical (unpaired) electrons. The van der Waals surface area contributed by atoms with E-state index in [2.05, 4.69) is 12.2 Å². The number of unbranched alkanes of at least 4 members (excludes halogenated alkanes) is 15. The summed E-state index contributed by atoms with van der Waals surface area (Å²) in [5, 5.41) is 41.8. The van der Waals surface area contributed by atoms with Crippen molar-refractivity contribution < 1.29 is 25.2 Å². The predicted octanol–water partition coefficient (Wildman–Crippen LogP) is 3.64. The molecule has 0 bridgehead atoms. The Morgan fingerprint density at radius 1 is 0.600 bits per heavy atom. The third kappa shape index (κ3) is 12.0. The zero-order chi connectivity index (χ0) is 22.0. The highest BCUT2D eigenvalue weighted by Gasteiger charge is 2.42. The third-order valence-corrected chi connectivity index (χ3v) is 6.27. The van der Waals surface area contributed by atoms with Crippen molar-refractivity contribution in [1.29, 1.82) is 0 Å². The standard InChI is InChI=1S/C24H49NO5/c1-2-3-4-5-6-7-8-9-10-11-12-13-14-15-16-17-18-25-24-23(29)22(28)21(27)20(19-26)30-24/h20-29H,2-19H2,1H3/t20-,21-,22+,23+,24-/m1/s1. The minimum Gasteiger partial charge on any atom is -0.394 e. The third-order valence-electron chi connectivity index (χ3n) is 6.27. The molecule has 1 saturated heterocycles. The fraction of sp³-hybridized carbons (Fsp3) is 1.00. The Balaban J connectivity index is 1.85. The van der Waals surface area contributed by atoms with E-state index in [1.807, 2.05) is 0 Å². The van der Waals surface area contributed by atoms with Crippen LogP contribution in [0.5, 0.6) is 0 Å². The molecule has 1 aliphatic heterocycles. The Kier molecular flexibility index (Phi) is 17.0. The molecule has 6 heteroatoms. The molecule has 1 fully saturated rings. The number of ether oxygens (including phenoxy) is 1. The first-order valence-electron chi connectivity index (χ1n) is 12.7. The number of rotatable bonds is 19. The molecule has 30 heavy (non-hydrogen) atoms. The van der Waals surface area contributed by atoms with Gasteiger partial charge >= 0.3 is 0 Å². The summed E-state index contributed by atoms with van der Waals surface area (Å²) in [5.74, 6) is 0. The summed E-state index contributed by atoms with van der Waals surface area (Å²) in [6.45, 7) is 2.56. The lowest BCUT2D eigenvalue weighted by Crippen LogP contribution is -2.62. The van der Waals surface area contributed by atoms with Gasteiger partial charge in [-0.2, -0.15) is 0 Å². The molecule has 0 unspecified atom stereocenters. The summed E-state index contributed by atoms with van der Waals surface area (Å²) in [6, 6.07) is 0. The first kappa shape index (κ1) is 27.8. The summed E-state index contributed by atoms with van der Waals surface area (Å²) >= 11 is 0. The lowest BCUT2D eigenvalue weighted by Gasteiger charge is -2.40. The molecule has 0 spiro atoms. The normalized spacial score (nSPS) is 26.9. The van der Waals surface area contributed by atoms with Crippen molar-refractivity contribution in [2.75, 3.05) is 13.2 Å². The van der Waals surface area contributed by atoms with E-state index < -0.39 is 30.6 Å². The van der Waals surface area contributed by atoms with Crippen molar-refractivity contribution >= 4 is 0 Å². The lowest BCUT2D eigenvalue weighted by molar-refractivity contribution is -0.236. The predicted molar refractivity (Wildman–Crippen MR) is 121 cm³/mol. The van der Waals surface area contributed by atoms with Crippen LogP contribution < -0.4 is 5.32 Å². The van der Waals surface area contributed by atoms with E-state index in [1.165, 1.54) is 89.9 Å². The number of aliphatic hydroxyl groups excluding tert-OH is 4. The van der Waals surface area contributed by atoms with Crippen LogP contribution >= 0.6 is 0 Å². The van der Waals surface area contributed by atoms with Gasteiger partial charge in [0, 0.05) is 0 Å². The summed E-state index contributed by atoms with van der Waals surface area (Å²) in [4.78, 5) is 0. The number of hydrogen-bond donors (Lipinski definition) is 5. The van der Waals surface area contributed by atoms with Crippen LogP contribution in [0, 0.1) is 0 Å². The van der Waals surface area contributed by atoms with Gasteiger partial charge in [0.15, 0.2) is 0 Å². The van der Waals surface area contributed by atoms with Gasteiger partial charge < -0.3 is 25.2 Å². The molecule has 1 aliphatic rings. The van der Waals surface area contributed by atoms with Crippen molar-refractivity contribution in [2.24, 2.45) is 0 Å². The average molecular weight is 432 g/mol. The van der Waals surface area contributed by atoms with Crippen molar-refractivity contribution in [2.45, 2.75) is 140 Å². The second-order valence-electron chi connectivity index (χ2n) is 9.01. The van der Waals surface area contributed by atoms with Gasteiger partial charge in [-0.05, 0) is 13.0 Å². The molecular formula is C24H49NO5. The fourth-order valence-electron chi connectivity index (χ4n) is 4.19. The van der Waals surface area contributed by atoms with E-state index in [1.54, 1.807) is 0 Å². The maximum Gasteiger partial charge on any atom is 0.137 e. The molecule has 5 N–H and O–H groups in total. The van der Waals surface area contributed by atoms with Crippen molar-refractivity contribution in [3.63, 3.8) is 0 Å². The highest BCUT2D eigenvalue weighted by atomic mass is 16.6. The molecular weight excluding hydrogens is 382 g/mol. The SMILES string of the molecule is CCCCCCCCCCCCCCCCCCN[C@@H]1O[C@H](CO)[C@@H](O)[C@H](O)[C@@H]1O. The van der Waals surface area contributed by atoms with Gasteiger partial charge in [0.2, 0.25) is 0 Å². The molecule has 180 valence electrons. The van der Waals surface area contributed by atoms with Gasteiger partial charge in [0.1, 0.15) is 30.6 Å². The molecule has 1 rings (SSSR count). The first-order chi connectivity index (χ1) is 14.6. The summed E-state index contributed by atoms with van der Waals surface area (Å²) < 4.78 is 5.44. The van der Waals surface area contributed by atoms with E-state index in [0.29, 0.717) is 6.54 Å². The quantitative estimate of drug-likeness (QED) is 0.200. The fourth-order valence-corrected chi connectivity index (χ4v) is 4.19. The van der Waals surface area contributed by atoms with Gasteiger partial charge in [-0.3, -0.25) is 5.32 Å². The van der Waals surface area contributed by atoms with Crippen molar-refractivity contribution in [3.8, 4) is 0 Å². The van der Waals surface area contributed by atoms with E-state index >= 15 is 0 Å². The van der Waals surface area contributed by atoms with Crippen LogP contribution in [0.15, 0.2) is 0 Å². The smallest absolute Gasteiger partial charge is 0.137 e. The topological polar surface area (TPSA) is 102 Å². The Hall–Kier alpha value is -0.240. The van der Waals surface area contributed by atoms with Crippen LogP contribution in [0.4, 0.5) is 0 Å². The van der Waals surface area contributed by atoms with E-state index in [-0.39, 0.29) is 6.61 Å². The van der Waals surface area contributed by atoms with E-state index in [0.717, 1.165) is 12.8 Å². The van der Waals surface area contributed by atoms with Gasteiger partial charge in [-0.25, -0.2) is 0 Å². The highest BCUT2D eigenvalue weighted by Crippen LogP contribution is 2.20. The first-order valence-corrected chi connectivity index (χ1v) is 12.7. The van der Waals surface area contributed by atoms with Crippen LogP contribution in [0.25, 0.3) is 0 Å². The maximum atomic E-state index is 9.98. The minimum absolute atomic E-state index is 0.387. The zero-order valence-corrected chi connectivity index (χ0v) is 19.3. The van der Waals surface area contributed by atoms with Crippen LogP contribution in [-0.4, -0.2) is 64.2 Å². The van der Waals surface area contributed by atoms with Crippen molar-refractivity contribution in [1.82, 2.24) is 5.32 Å². The summed E-state index contributed by atoms with van der Waals surface area (Å²) in [6.07, 6.45) is 15.9. The second kappa shape index (κ2) is 18.3. The molecule has 0 aliphatic carbocycles. The van der Waals surface area contributed by atoms with Crippen LogP contribution in [0.3, 0.4) is 0 Å². The highest BCUT2D eigenvalue weighted by molar-refractivity contribution is 4.90. The molecule has 0 aromatic heterocycles. The van der Waals surface area contributed by atoms with Gasteiger partial charge in [-0.15, -0.1) is 0 Å². The molecule has 0 saturated carbocycles. The van der Waals surface area contributed by atoms with Crippen LogP contribution in [0.2, 0.25) is 0 Å². The summed E-state index contributed by atoms with van der Waals surface area (Å²) in [5.41, 5.74) is 0. The number of hydrogen-bond acceptors (Lipinski definition) is 6. The van der Waals surface area contributed by atoms with Gasteiger partial charge in [0.05, 0.1) is 6.61 Å². The Labute approximate surface area is 184 Å². The lowest BCUT2D eigenvalue weighted by atomic mass is 9.98. The minimum atomic E-state index is -1.31. The molecule has 0 amide bonds. The Bertz CT molecular complexity index is 383. The summed E-state index contributed by atoms with van der Waals surface area (Å²) in [7, 11) is 0. The van der Waals surface area contributed by atoms with E-state index in [4.69, 9.17) is 4.74 Å². The van der Waals surface area contributed by atoms with Crippen LogP contribution in [-0.2, 0) is 4.74 Å². The Morgan fingerprint density at radius 3 is 1.47 bits per heavy atom. The monoisotopic (exact) mass is 431 g/mol. The number of nitrogens with one attached hydrogen (secondary N) is 1. The Morgan fingerprint density at radius 2 is 1.03 bits per heavy atom. The number of aliphatic hydroxyl groups is 4. The largest absolute Gasteiger partial charge is 0.394 e. The van der Waals surface area contributed by atoms with E-state index in [9.17, 15) is 20.4 Å². The molecule has 1 heterocycles. The van der Waals surface area contributed by atoms with Gasteiger partial charge in [-0.1, -0.05) is 103 Å². The maximum absolute atomic E-state index is 9.98.